The van der Waals surface area contributed by atoms with Crippen LogP contribution in [0, 0.1) is 6.92 Å². The first kappa shape index (κ1) is 17.7. The summed E-state index contributed by atoms with van der Waals surface area (Å²) in [4.78, 5) is 7.21. The molecule has 1 aromatic heterocycles. The van der Waals surface area contributed by atoms with E-state index in [0.29, 0.717) is 12.6 Å². The van der Waals surface area contributed by atoms with E-state index in [-0.39, 0.29) is 0 Å². The predicted molar refractivity (Wildman–Crippen MR) is 93.4 cm³/mol. The van der Waals surface area contributed by atoms with Gasteiger partial charge in [-0.05, 0) is 39.3 Å². The van der Waals surface area contributed by atoms with E-state index in [0.717, 1.165) is 43.7 Å². The lowest BCUT2D eigenvalue weighted by molar-refractivity contribution is 0.267. The molecule has 0 radical (unpaired) electrons. The molecular formula is C16H31N7. The molecule has 0 spiro atoms. The van der Waals surface area contributed by atoms with Crippen molar-refractivity contribution in [2.45, 2.75) is 52.6 Å². The fraction of sp³-hybridized carbons (Fsp3) is 0.812. The summed E-state index contributed by atoms with van der Waals surface area (Å²) in [5, 5.41) is 15.1. The lowest BCUT2D eigenvalue weighted by Crippen LogP contribution is -2.45. The molecule has 1 unspecified atom stereocenters. The highest BCUT2D eigenvalue weighted by atomic mass is 15.3. The van der Waals surface area contributed by atoms with E-state index in [9.17, 15) is 0 Å². The van der Waals surface area contributed by atoms with E-state index in [1.807, 2.05) is 18.5 Å². The minimum Gasteiger partial charge on any atom is -0.356 e. The molecule has 0 bridgehead atoms. The summed E-state index contributed by atoms with van der Waals surface area (Å²) in [6.07, 6.45) is 3.64. The van der Waals surface area contributed by atoms with Crippen LogP contribution in [0.5, 0.6) is 0 Å². The number of rotatable bonds is 7. The first-order chi connectivity index (χ1) is 11.2. The van der Waals surface area contributed by atoms with Crippen LogP contribution in [0.2, 0.25) is 0 Å². The van der Waals surface area contributed by atoms with Crippen molar-refractivity contribution in [2.24, 2.45) is 12.0 Å². The van der Waals surface area contributed by atoms with Crippen molar-refractivity contribution in [3.05, 3.63) is 11.6 Å². The molecule has 1 aliphatic heterocycles. The van der Waals surface area contributed by atoms with E-state index < -0.39 is 0 Å². The number of aromatic nitrogens is 3. The summed E-state index contributed by atoms with van der Waals surface area (Å²) in [6.45, 7) is 11.1. The van der Waals surface area contributed by atoms with Gasteiger partial charge in [0.15, 0.2) is 11.8 Å². The molecule has 0 aliphatic carbocycles. The average Bonchev–Trinajstić information content (AvgIpc) is 3.14. The van der Waals surface area contributed by atoms with E-state index in [1.165, 1.54) is 19.4 Å². The minimum atomic E-state index is 0.540. The first-order valence-corrected chi connectivity index (χ1v) is 8.76. The lowest BCUT2D eigenvalue weighted by atomic mass is 10.2. The molecule has 2 heterocycles. The number of hydrogen-bond acceptors (Lipinski definition) is 4. The SMILES string of the molecule is CCCNC(=NCc1nnc(C)n1C)NCC1CCCN1CC. The molecule has 130 valence electrons. The van der Waals surface area contributed by atoms with Gasteiger partial charge in [-0.1, -0.05) is 13.8 Å². The third kappa shape index (κ3) is 4.92. The second-order valence-electron chi connectivity index (χ2n) is 6.12. The molecule has 7 nitrogen and oxygen atoms in total. The van der Waals surface area contributed by atoms with Crippen LogP contribution < -0.4 is 10.6 Å². The van der Waals surface area contributed by atoms with Crippen molar-refractivity contribution in [3.8, 4) is 0 Å². The number of guanidine groups is 1. The average molecular weight is 321 g/mol. The number of aliphatic imine (C=N–C) groups is 1. The first-order valence-electron chi connectivity index (χ1n) is 8.76. The zero-order chi connectivity index (χ0) is 16.7. The second-order valence-corrected chi connectivity index (χ2v) is 6.12. The lowest BCUT2D eigenvalue weighted by Gasteiger charge is -2.24. The molecule has 0 aromatic carbocycles. The van der Waals surface area contributed by atoms with Crippen LogP contribution in [0.15, 0.2) is 4.99 Å². The highest BCUT2D eigenvalue weighted by Gasteiger charge is 2.22. The summed E-state index contributed by atoms with van der Waals surface area (Å²) < 4.78 is 1.98. The Morgan fingerprint density at radius 1 is 1.30 bits per heavy atom. The Labute approximate surface area is 139 Å². The van der Waals surface area contributed by atoms with Gasteiger partial charge in [-0.3, -0.25) is 4.90 Å². The largest absolute Gasteiger partial charge is 0.356 e. The molecule has 0 amide bonds. The molecule has 1 fully saturated rings. The number of hydrogen-bond donors (Lipinski definition) is 2. The summed E-state index contributed by atoms with van der Waals surface area (Å²) in [6, 6.07) is 0.616. The standard InChI is InChI=1S/C16H31N7/c1-5-9-17-16(18-11-14-8-7-10-23(14)6-2)19-12-15-21-20-13(3)22(15)4/h14H,5-12H2,1-4H3,(H2,17,18,19). The topological polar surface area (TPSA) is 70.4 Å². The maximum atomic E-state index is 4.67. The van der Waals surface area contributed by atoms with Gasteiger partial charge in [-0.2, -0.15) is 0 Å². The Bertz CT molecular complexity index is 509. The van der Waals surface area contributed by atoms with E-state index in [4.69, 9.17) is 0 Å². The Balaban J connectivity index is 1.92. The van der Waals surface area contributed by atoms with Crippen molar-refractivity contribution in [3.63, 3.8) is 0 Å². The molecule has 7 heteroatoms. The monoisotopic (exact) mass is 321 g/mol. The molecular weight excluding hydrogens is 290 g/mol. The van der Waals surface area contributed by atoms with E-state index in [1.54, 1.807) is 0 Å². The number of likely N-dealkylation sites (N-methyl/N-ethyl adjacent to an activating group) is 1. The Morgan fingerprint density at radius 2 is 2.13 bits per heavy atom. The highest BCUT2D eigenvalue weighted by Crippen LogP contribution is 2.15. The summed E-state index contributed by atoms with van der Waals surface area (Å²) in [5.41, 5.74) is 0. The van der Waals surface area contributed by atoms with Gasteiger partial charge < -0.3 is 15.2 Å². The van der Waals surface area contributed by atoms with Crippen LogP contribution >= 0.6 is 0 Å². The van der Waals surface area contributed by atoms with Gasteiger partial charge in [0.05, 0.1) is 0 Å². The van der Waals surface area contributed by atoms with Gasteiger partial charge in [-0.25, -0.2) is 4.99 Å². The zero-order valence-electron chi connectivity index (χ0n) is 15.0. The zero-order valence-corrected chi connectivity index (χ0v) is 15.0. The van der Waals surface area contributed by atoms with Crippen molar-refractivity contribution < 1.29 is 0 Å². The van der Waals surface area contributed by atoms with Crippen molar-refractivity contribution in [1.82, 2.24) is 30.3 Å². The summed E-state index contributed by atoms with van der Waals surface area (Å²) in [7, 11) is 1.98. The quantitative estimate of drug-likeness (QED) is 0.580. The maximum Gasteiger partial charge on any atom is 0.191 e. The summed E-state index contributed by atoms with van der Waals surface area (Å²) >= 11 is 0. The van der Waals surface area contributed by atoms with Gasteiger partial charge in [0.2, 0.25) is 0 Å². The minimum absolute atomic E-state index is 0.540. The molecule has 2 N–H and O–H groups in total. The fourth-order valence-corrected chi connectivity index (χ4v) is 2.91. The van der Waals surface area contributed by atoms with Gasteiger partial charge in [0, 0.05) is 26.2 Å². The van der Waals surface area contributed by atoms with Gasteiger partial charge in [-0.15, -0.1) is 10.2 Å². The third-order valence-electron chi connectivity index (χ3n) is 4.51. The number of likely N-dealkylation sites (tertiary alicyclic amines) is 1. The number of nitrogens with zero attached hydrogens (tertiary/aromatic N) is 5. The van der Waals surface area contributed by atoms with Crippen LogP contribution in [0.25, 0.3) is 0 Å². The maximum absolute atomic E-state index is 4.67. The predicted octanol–water partition coefficient (Wildman–Crippen LogP) is 1.05. The van der Waals surface area contributed by atoms with E-state index >= 15 is 0 Å². The van der Waals surface area contributed by atoms with Crippen LogP contribution in [0.4, 0.5) is 0 Å². The second kappa shape index (κ2) is 8.86. The third-order valence-corrected chi connectivity index (χ3v) is 4.51. The normalized spacial score (nSPS) is 19.3. The molecule has 1 saturated heterocycles. The van der Waals surface area contributed by atoms with Crippen LogP contribution in [0.1, 0.15) is 44.8 Å². The Hall–Kier alpha value is -1.63. The van der Waals surface area contributed by atoms with Crippen molar-refractivity contribution >= 4 is 5.96 Å². The molecule has 1 aromatic rings. The van der Waals surface area contributed by atoms with Crippen LogP contribution in [-0.2, 0) is 13.6 Å². The molecule has 0 saturated carbocycles. The fourth-order valence-electron chi connectivity index (χ4n) is 2.91. The van der Waals surface area contributed by atoms with Gasteiger partial charge >= 0.3 is 0 Å². The highest BCUT2D eigenvalue weighted by molar-refractivity contribution is 5.79. The Morgan fingerprint density at radius 3 is 2.78 bits per heavy atom. The van der Waals surface area contributed by atoms with Crippen LogP contribution in [-0.4, -0.2) is 57.8 Å². The summed E-state index contributed by atoms with van der Waals surface area (Å²) in [5.74, 6) is 2.67. The van der Waals surface area contributed by atoms with E-state index in [2.05, 4.69) is 44.6 Å². The molecule has 23 heavy (non-hydrogen) atoms. The molecule has 1 atom stereocenters. The number of aryl methyl sites for hydroxylation is 1. The van der Waals surface area contributed by atoms with Crippen molar-refractivity contribution in [1.29, 1.82) is 0 Å². The Kier molecular flexibility index (Phi) is 6.83. The number of nitrogens with one attached hydrogen (secondary N) is 2. The molecule has 1 aliphatic rings. The van der Waals surface area contributed by atoms with Gasteiger partial charge in [0.25, 0.3) is 0 Å². The van der Waals surface area contributed by atoms with Crippen LogP contribution in [0.3, 0.4) is 0 Å². The van der Waals surface area contributed by atoms with Gasteiger partial charge in [0.1, 0.15) is 12.4 Å². The smallest absolute Gasteiger partial charge is 0.191 e. The molecule has 2 rings (SSSR count). The van der Waals surface area contributed by atoms with Crippen molar-refractivity contribution in [2.75, 3.05) is 26.2 Å².